The first-order chi connectivity index (χ1) is 4.33. The molecule has 52 valence electrons. The summed E-state index contributed by atoms with van der Waals surface area (Å²) in [5.74, 6) is 0. The van der Waals surface area contributed by atoms with Gasteiger partial charge in [0.15, 0.2) is 0 Å². The Hall–Kier alpha value is 0.730. The van der Waals surface area contributed by atoms with Crippen LogP contribution in [0, 0.1) is 5.41 Å². The van der Waals surface area contributed by atoms with Crippen molar-refractivity contribution >= 4 is 22.6 Å². The third kappa shape index (κ3) is 0.837. The van der Waals surface area contributed by atoms with Gasteiger partial charge in [0.1, 0.15) is 0 Å². The molecule has 0 saturated heterocycles. The molecule has 1 unspecified atom stereocenters. The predicted molar refractivity (Wildman–Crippen MR) is 47.9 cm³/mol. The van der Waals surface area contributed by atoms with Gasteiger partial charge in [0.2, 0.25) is 0 Å². The maximum absolute atomic E-state index is 2.65. The van der Waals surface area contributed by atoms with Crippen LogP contribution in [0.5, 0.6) is 0 Å². The first-order valence-electron chi connectivity index (χ1n) is 3.98. The average molecular weight is 236 g/mol. The highest BCUT2D eigenvalue weighted by molar-refractivity contribution is 14.1. The first-order valence-corrected chi connectivity index (χ1v) is 5.22. The predicted octanol–water partition coefficient (Wildman–Crippen LogP) is 3.14. The third-order valence-electron chi connectivity index (χ3n) is 3.16. The number of hydrogen-bond acceptors (Lipinski definition) is 0. The second-order valence-corrected chi connectivity index (χ2v) is 5.08. The molecule has 0 radical (unpaired) electrons. The molecule has 9 heavy (non-hydrogen) atoms. The van der Waals surface area contributed by atoms with Crippen molar-refractivity contribution in [1.82, 2.24) is 0 Å². The number of hydrogen-bond donors (Lipinski definition) is 0. The van der Waals surface area contributed by atoms with E-state index in [9.17, 15) is 0 Å². The molecule has 2 rings (SSSR count). The smallest absolute Gasteiger partial charge is 0.0166 e. The summed E-state index contributed by atoms with van der Waals surface area (Å²) in [5, 5.41) is 0. The topological polar surface area (TPSA) is 0 Å². The molecule has 2 saturated carbocycles. The van der Waals surface area contributed by atoms with Crippen molar-refractivity contribution in [2.24, 2.45) is 5.41 Å². The molecule has 0 aromatic heterocycles. The second kappa shape index (κ2) is 2.11. The normalized spacial score (nSPS) is 39.0. The van der Waals surface area contributed by atoms with Crippen LogP contribution in [0.2, 0.25) is 0 Å². The van der Waals surface area contributed by atoms with E-state index in [0.717, 1.165) is 9.34 Å². The molecular weight excluding hydrogens is 223 g/mol. The highest BCUT2D eigenvalue weighted by atomic mass is 127. The second-order valence-electron chi connectivity index (χ2n) is 3.58. The van der Waals surface area contributed by atoms with Gasteiger partial charge < -0.3 is 0 Å². The fourth-order valence-electron chi connectivity index (χ4n) is 2.30. The molecule has 0 heterocycles. The monoisotopic (exact) mass is 236 g/mol. The van der Waals surface area contributed by atoms with E-state index in [1.165, 1.54) is 19.3 Å². The number of alkyl halides is 1. The molecule has 0 amide bonds. The lowest BCUT2D eigenvalue weighted by Gasteiger charge is -2.44. The lowest BCUT2D eigenvalue weighted by molar-refractivity contribution is 0.168. The van der Waals surface area contributed by atoms with Crippen LogP contribution < -0.4 is 0 Å². The van der Waals surface area contributed by atoms with Gasteiger partial charge in [-0.3, -0.25) is 0 Å². The van der Waals surface area contributed by atoms with Gasteiger partial charge in [-0.05, 0) is 31.1 Å². The molecule has 0 aliphatic heterocycles. The molecule has 1 spiro atoms. The van der Waals surface area contributed by atoms with E-state index < -0.39 is 0 Å². The largest absolute Gasteiger partial charge is 0.0820 e. The van der Waals surface area contributed by atoms with Gasteiger partial charge in [0.25, 0.3) is 0 Å². The van der Waals surface area contributed by atoms with E-state index in [0.29, 0.717) is 0 Å². The van der Waals surface area contributed by atoms with Crippen molar-refractivity contribution in [2.75, 3.05) is 0 Å². The Kier molecular flexibility index (Phi) is 1.51. The number of halogens is 1. The van der Waals surface area contributed by atoms with Crippen LogP contribution in [0.4, 0.5) is 0 Å². The fourth-order valence-corrected chi connectivity index (χ4v) is 3.55. The zero-order valence-corrected chi connectivity index (χ0v) is 7.86. The molecule has 0 bridgehead atoms. The number of rotatable bonds is 0. The van der Waals surface area contributed by atoms with E-state index in [2.05, 4.69) is 22.6 Å². The van der Waals surface area contributed by atoms with Gasteiger partial charge in [-0.15, -0.1) is 0 Å². The summed E-state index contributed by atoms with van der Waals surface area (Å²) in [6.07, 6.45) is 9.15. The summed E-state index contributed by atoms with van der Waals surface area (Å²) in [6.45, 7) is 0. The summed E-state index contributed by atoms with van der Waals surface area (Å²) in [4.78, 5) is 0. The van der Waals surface area contributed by atoms with E-state index in [4.69, 9.17) is 0 Å². The highest BCUT2D eigenvalue weighted by Crippen LogP contribution is 2.56. The van der Waals surface area contributed by atoms with Crippen molar-refractivity contribution < 1.29 is 0 Å². The van der Waals surface area contributed by atoms with E-state index in [-0.39, 0.29) is 0 Å². The standard InChI is InChI=1S/C8H13I/c9-7-3-6-8(7)4-1-2-5-8/h7H,1-6H2. The maximum atomic E-state index is 2.65. The van der Waals surface area contributed by atoms with Gasteiger partial charge in [-0.25, -0.2) is 0 Å². The minimum absolute atomic E-state index is 0.862. The molecule has 2 aliphatic rings. The Morgan fingerprint density at radius 2 is 1.78 bits per heavy atom. The van der Waals surface area contributed by atoms with Crippen molar-refractivity contribution in [3.05, 3.63) is 0 Å². The minimum Gasteiger partial charge on any atom is -0.0820 e. The molecule has 0 aromatic carbocycles. The summed E-state index contributed by atoms with van der Waals surface area (Å²) in [7, 11) is 0. The molecule has 0 nitrogen and oxygen atoms in total. The Morgan fingerprint density at radius 1 is 1.11 bits per heavy atom. The van der Waals surface area contributed by atoms with E-state index >= 15 is 0 Å². The SMILES string of the molecule is IC1CCC12CCCC2. The lowest BCUT2D eigenvalue weighted by Crippen LogP contribution is -2.37. The maximum Gasteiger partial charge on any atom is 0.0166 e. The van der Waals surface area contributed by atoms with E-state index in [1.54, 1.807) is 19.3 Å². The van der Waals surface area contributed by atoms with Crippen LogP contribution in [0.3, 0.4) is 0 Å². The summed E-state index contributed by atoms with van der Waals surface area (Å²) < 4.78 is 1.04. The van der Waals surface area contributed by atoms with E-state index in [1.807, 2.05) is 0 Å². The Bertz CT molecular complexity index is 114. The Balaban J connectivity index is 2.06. The fraction of sp³-hybridized carbons (Fsp3) is 1.00. The van der Waals surface area contributed by atoms with Crippen molar-refractivity contribution in [1.29, 1.82) is 0 Å². The van der Waals surface area contributed by atoms with Crippen LogP contribution in [0.1, 0.15) is 38.5 Å². The molecule has 2 fully saturated rings. The van der Waals surface area contributed by atoms with Crippen molar-refractivity contribution in [3.63, 3.8) is 0 Å². The third-order valence-corrected chi connectivity index (χ3v) is 5.10. The first kappa shape index (κ1) is 6.44. The minimum atomic E-state index is 0.862. The summed E-state index contributed by atoms with van der Waals surface area (Å²) in [5.41, 5.74) is 0.862. The lowest BCUT2D eigenvalue weighted by atomic mass is 9.68. The summed E-state index contributed by atoms with van der Waals surface area (Å²) >= 11 is 2.65. The van der Waals surface area contributed by atoms with Gasteiger partial charge in [-0.1, -0.05) is 35.4 Å². The summed E-state index contributed by atoms with van der Waals surface area (Å²) in [6, 6.07) is 0. The molecule has 1 atom stereocenters. The molecule has 0 aromatic rings. The molecular formula is C8H13I. The van der Waals surface area contributed by atoms with Crippen LogP contribution in [0.25, 0.3) is 0 Å². The average Bonchev–Trinajstić information content (AvgIpc) is 2.34. The Labute approximate surface area is 70.5 Å². The van der Waals surface area contributed by atoms with Crippen LogP contribution in [-0.4, -0.2) is 3.92 Å². The Morgan fingerprint density at radius 3 is 2.00 bits per heavy atom. The van der Waals surface area contributed by atoms with Gasteiger partial charge in [0, 0.05) is 3.92 Å². The molecule has 0 N–H and O–H groups in total. The van der Waals surface area contributed by atoms with Gasteiger partial charge in [-0.2, -0.15) is 0 Å². The quantitative estimate of drug-likeness (QED) is 0.447. The van der Waals surface area contributed by atoms with Crippen LogP contribution in [0.15, 0.2) is 0 Å². The van der Waals surface area contributed by atoms with Crippen molar-refractivity contribution in [3.8, 4) is 0 Å². The van der Waals surface area contributed by atoms with Gasteiger partial charge >= 0.3 is 0 Å². The zero-order valence-electron chi connectivity index (χ0n) is 5.70. The molecule has 2 aliphatic carbocycles. The molecule has 1 heteroatoms. The zero-order chi connectivity index (χ0) is 6.32. The van der Waals surface area contributed by atoms with Crippen LogP contribution >= 0.6 is 22.6 Å². The highest BCUT2D eigenvalue weighted by Gasteiger charge is 2.46. The van der Waals surface area contributed by atoms with Crippen molar-refractivity contribution in [2.45, 2.75) is 42.4 Å². The van der Waals surface area contributed by atoms with Crippen LogP contribution in [-0.2, 0) is 0 Å². The van der Waals surface area contributed by atoms with Gasteiger partial charge in [0.05, 0.1) is 0 Å².